The van der Waals surface area contributed by atoms with Crippen LogP contribution in [0.3, 0.4) is 0 Å². The predicted molar refractivity (Wildman–Crippen MR) is 57.1 cm³/mol. The van der Waals surface area contributed by atoms with Crippen LogP contribution < -0.4 is 0 Å². The van der Waals surface area contributed by atoms with E-state index >= 15 is 0 Å². The lowest BCUT2D eigenvalue weighted by molar-refractivity contribution is 0.187. The molecule has 14 heavy (non-hydrogen) atoms. The second-order valence-electron chi connectivity index (χ2n) is 4.39. The first-order valence-electron chi connectivity index (χ1n) is 5.49. The molecule has 1 saturated heterocycles. The van der Waals surface area contributed by atoms with Crippen molar-refractivity contribution in [2.24, 2.45) is 0 Å². The number of likely N-dealkylation sites (tertiary alicyclic amines) is 1. The van der Waals surface area contributed by atoms with Crippen molar-refractivity contribution in [1.29, 1.82) is 0 Å². The fourth-order valence-corrected chi connectivity index (χ4v) is 2.37. The third-order valence-corrected chi connectivity index (χ3v) is 3.07. The van der Waals surface area contributed by atoms with Gasteiger partial charge in [-0.25, -0.2) is 4.98 Å². The Morgan fingerprint density at radius 1 is 1.50 bits per heavy atom. The Bertz CT molecular complexity index is 266. The van der Waals surface area contributed by atoms with E-state index < -0.39 is 0 Å². The lowest BCUT2D eigenvalue weighted by atomic mass is 10.2. The number of aromatic nitrogens is 2. The molecule has 1 aliphatic rings. The van der Waals surface area contributed by atoms with Gasteiger partial charge in [-0.15, -0.1) is 0 Å². The molecule has 0 spiro atoms. The summed E-state index contributed by atoms with van der Waals surface area (Å²) in [7, 11) is 0. The molecular weight excluding hydrogens is 174 g/mol. The SMILES string of the molecule is CC(C)N1CCC[C@H]1Cn1ccnc1. The van der Waals surface area contributed by atoms with E-state index in [2.05, 4.69) is 34.5 Å². The molecule has 0 unspecified atom stereocenters. The second-order valence-corrected chi connectivity index (χ2v) is 4.39. The van der Waals surface area contributed by atoms with Gasteiger partial charge in [0.05, 0.1) is 6.33 Å². The molecule has 0 N–H and O–H groups in total. The van der Waals surface area contributed by atoms with E-state index in [9.17, 15) is 0 Å². The Morgan fingerprint density at radius 3 is 3.00 bits per heavy atom. The van der Waals surface area contributed by atoms with Crippen molar-refractivity contribution in [3.63, 3.8) is 0 Å². The maximum absolute atomic E-state index is 4.08. The molecule has 1 aromatic rings. The standard InChI is InChI=1S/C11H19N3/c1-10(2)14-6-3-4-11(14)8-13-7-5-12-9-13/h5,7,9-11H,3-4,6,8H2,1-2H3/t11-/m0/s1. The minimum atomic E-state index is 0.672. The van der Waals surface area contributed by atoms with E-state index in [1.807, 2.05) is 12.5 Å². The Kier molecular flexibility index (Phi) is 2.87. The van der Waals surface area contributed by atoms with Gasteiger partial charge in [0.15, 0.2) is 0 Å². The number of hydrogen-bond acceptors (Lipinski definition) is 2. The molecule has 2 heterocycles. The Morgan fingerprint density at radius 2 is 2.36 bits per heavy atom. The number of hydrogen-bond donors (Lipinski definition) is 0. The highest BCUT2D eigenvalue weighted by atomic mass is 15.2. The maximum atomic E-state index is 4.08. The van der Waals surface area contributed by atoms with Gasteiger partial charge in [-0.3, -0.25) is 4.90 Å². The van der Waals surface area contributed by atoms with E-state index in [1.165, 1.54) is 19.4 Å². The Balaban J connectivity index is 1.97. The quantitative estimate of drug-likeness (QED) is 0.729. The lowest BCUT2D eigenvalue weighted by Gasteiger charge is -2.28. The zero-order chi connectivity index (χ0) is 9.97. The third-order valence-electron chi connectivity index (χ3n) is 3.07. The summed E-state index contributed by atoms with van der Waals surface area (Å²) < 4.78 is 2.19. The molecule has 0 radical (unpaired) electrons. The maximum Gasteiger partial charge on any atom is 0.0946 e. The van der Waals surface area contributed by atoms with Crippen LogP contribution in [-0.2, 0) is 6.54 Å². The first-order valence-corrected chi connectivity index (χ1v) is 5.49. The molecule has 1 aliphatic heterocycles. The molecule has 0 aromatic carbocycles. The highest BCUT2D eigenvalue weighted by Crippen LogP contribution is 2.21. The summed E-state index contributed by atoms with van der Waals surface area (Å²) in [4.78, 5) is 6.68. The van der Waals surface area contributed by atoms with Gasteiger partial charge >= 0.3 is 0 Å². The first-order chi connectivity index (χ1) is 6.77. The van der Waals surface area contributed by atoms with Crippen LogP contribution in [0.5, 0.6) is 0 Å². The first kappa shape index (κ1) is 9.71. The van der Waals surface area contributed by atoms with Crippen molar-refractivity contribution >= 4 is 0 Å². The van der Waals surface area contributed by atoms with Gasteiger partial charge in [0, 0.05) is 31.0 Å². The Hall–Kier alpha value is -0.830. The van der Waals surface area contributed by atoms with Crippen LogP contribution >= 0.6 is 0 Å². The van der Waals surface area contributed by atoms with Crippen LogP contribution in [0, 0.1) is 0 Å². The molecule has 0 aliphatic carbocycles. The van der Waals surface area contributed by atoms with Gasteiger partial charge in [0.25, 0.3) is 0 Å². The topological polar surface area (TPSA) is 21.1 Å². The number of imidazole rings is 1. The van der Waals surface area contributed by atoms with Gasteiger partial charge in [-0.05, 0) is 33.2 Å². The third kappa shape index (κ3) is 1.98. The van der Waals surface area contributed by atoms with E-state index in [0.29, 0.717) is 12.1 Å². The molecule has 0 bridgehead atoms. The fourth-order valence-electron chi connectivity index (χ4n) is 2.37. The van der Waals surface area contributed by atoms with E-state index in [-0.39, 0.29) is 0 Å². The highest BCUT2D eigenvalue weighted by molar-refractivity contribution is 4.84. The molecule has 1 fully saturated rings. The summed E-state index contributed by atoms with van der Waals surface area (Å²) in [6, 6.07) is 1.38. The summed E-state index contributed by atoms with van der Waals surface area (Å²) in [5.74, 6) is 0. The normalized spacial score (nSPS) is 23.5. The van der Waals surface area contributed by atoms with E-state index in [1.54, 1.807) is 0 Å². The van der Waals surface area contributed by atoms with Crippen molar-refractivity contribution in [2.45, 2.75) is 45.3 Å². The number of nitrogens with zero attached hydrogens (tertiary/aromatic N) is 3. The van der Waals surface area contributed by atoms with E-state index in [4.69, 9.17) is 0 Å². The summed E-state index contributed by atoms with van der Waals surface area (Å²) in [6.07, 6.45) is 8.50. The largest absolute Gasteiger partial charge is 0.336 e. The minimum Gasteiger partial charge on any atom is -0.336 e. The van der Waals surface area contributed by atoms with Crippen molar-refractivity contribution in [3.8, 4) is 0 Å². The van der Waals surface area contributed by atoms with Crippen molar-refractivity contribution in [1.82, 2.24) is 14.5 Å². The lowest BCUT2D eigenvalue weighted by Crippen LogP contribution is -2.37. The average molecular weight is 193 g/mol. The molecule has 1 atom stereocenters. The van der Waals surface area contributed by atoms with Crippen LogP contribution in [0.15, 0.2) is 18.7 Å². The molecular formula is C11H19N3. The van der Waals surface area contributed by atoms with Crippen LogP contribution in [0.25, 0.3) is 0 Å². The highest BCUT2D eigenvalue weighted by Gasteiger charge is 2.26. The summed E-state index contributed by atoms with van der Waals surface area (Å²) in [6.45, 7) is 6.92. The molecule has 2 rings (SSSR count). The summed E-state index contributed by atoms with van der Waals surface area (Å²) >= 11 is 0. The molecule has 3 nitrogen and oxygen atoms in total. The van der Waals surface area contributed by atoms with Gasteiger partial charge in [0.2, 0.25) is 0 Å². The van der Waals surface area contributed by atoms with Crippen LogP contribution in [0.1, 0.15) is 26.7 Å². The monoisotopic (exact) mass is 193 g/mol. The summed E-state index contributed by atoms with van der Waals surface area (Å²) in [5, 5.41) is 0. The smallest absolute Gasteiger partial charge is 0.0946 e. The van der Waals surface area contributed by atoms with Gasteiger partial charge in [-0.2, -0.15) is 0 Å². The predicted octanol–water partition coefficient (Wildman–Crippen LogP) is 1.76. The van der Waals surface area contributed by atoms with Gasteiger partial charge < -0.3 is 4.57 Å². The average Bonchev–Trinajstić information content (AvgIpc) is 2.75. The molecule has 0 saturated carbocycles. The van der Waals surface area contributed by atoms with Crippen molar-refractivity contribution < 1.29 is 0 Å². The van der Waals surface area contributed by atoms with Crippen molar-refractivity contribution in [2.75, 3.05) is 6.54 Å². The van der Waals surface area contributed by atoms with Crippen LogP contribution in [-0.4, -0.2) is 33.1 Å². The molecule has 3 heteroatoms. The molecule has 1 aromatic heterocycles. The second kappa shape index (κ2) is 4.13. The van der Waals surface area contributed by atoms with Gasteiger partial charge in [-0.1, -0.05) is 0 Å². The molecule has 78 valence electrons. The number of rotatable bonds is 3. The summed E-state index contributed by atoms with van der Waals surface area (Å²) in [5.41, 5.74) is 0. The zero-order valence-electron chi connectivity index (χ0n) is 9.06. The fraction of sp³-hybridized carbons (Fsp3) is 0.727. The van der Waals surface area contributed by atoms with Crippen LogP contribution in [0.2, 0.25) is 0 Å². The Labute approximate surface area is 85.7 Å². The van der Waals surface area contributed by atoms with Gasteiger partial charge in [0.1, 0.15) is 0 Å². The van der Waals surface area contributed by atoms with Crippen LogP contribution in [0.4, 0.5) is 0 Å². The molecule has 0 amide bonds. The zero-order valence-corrected chi connectivity index (χ0v) is 9.06. The minimum absolute atomic E-state index is 0.672. The van der Waals surface area contributed by atoms with Crippen molar-refractivity contribution in [3.05, 3.63) is 18.7 Å². The van der Waals surface area contributed by atoms with E-state index in [0.717, 1.165) is 6.54 Å².